The van der Waals surface area contributed by atoms with Crippen LogP contribution in [0.25, 0.3) is 11.0 Å². The molecule has 0 unspecified atom stereocenters. The average molecular weight is 205 g/mol. The first-order valence-corrected chi connectivity index (χ1v) is 4.95. The third-order valence-electron chi connectivity index (χ3n) is 2.22. The van der Waals surface area contributed by atoms with Gasteiger partial charge in [-0.3, -0.25) is 0 Å². The number of anilines is 2. The first kappa shape index (κ1) is 9.76. The van der Waals surface area contributed by atoms with E-state index < -0.39 is 0 Å². The van der Waals surface area contributed by atoms with Gasteiger partial charge < -0.3 is 16.0 Å². The number of nitrogens with zero attached hydrogens (tertiary/aromatic N) is 3. The Bertz CT molecular complexity index is 486. The zero-order chi connectivity index (χ0) is 11.0. The molecule has 5 nitrogen and oxygen atoms in total. The minimum Gasteiger partial charge on any atom is -0.382 e. The van der Waals surface area contributed by atoms with Gasteiger partial charge in [-0.25, -0.2) is 4.98 Å². The molecule has 0 radical (unpaired) electrons. The summed E-state index contributed by atoms with van der Waals surface area (Å²) in [6, 6.07) is 1.91. The molecule has 0 aliphatic rings. The molecule has 0 spiro atoms. The topological polar surface area (TPSA) is 82.8 Å². The lowest BCUT2D eigenvalue weighted by Crippen LogP contribution is -2.06. The summed E-state index contributed by atoms with van der Waals surface area (Å²) in [6.07, 6.45) is 1.97. The van der Waals surface area contributed by atoms with E-state index in [1.54, 1.807) is 0 Å². The number of fused-ring (bicyclic) bond motifs is 1. The van der Waals surface area contributed by atoms with Crippen molar-refractivity contribution in [3.63, 3.8) is 0 Å². The van der Waals surface area contributed by atoms with E-state index in [2.05, 4.69) is 28.4 Å². The lowest BCUT2D eigenvalue weighted by molar-refractivity contribution is 0.535. The highest BCUT2D eigenvalue weighted by Gasteiger charge is 2.09. The lowest BCUT2D eigenvalue weighted by Gasteiger charge is -2.09. The van der Waals surface area contributed by atoms with E-state index in [4.69, 9.17) is 11.5 Å². The van der Waals surface area contributed by atoms with Crippen LogP contribution >= 0.6 is 0 Å². The Hall–Kier alpha value is -1.78. The molecule has 2 aromatic heterocycles. The average Bonchev–Trinajstić information content (AvgIpc) is 2.46. The fourth-order valence-corrected chi connectivity index (χ4v) is 1.70. The molecule has 4 N–H and O–H groups in total. The minimum atomic E-state index is 0.224. The quantitative estimate of drug-likeness (QED) is 0.773. The molecule has 0 aliphatic heterocycles. The molecule has 0 aliphatic carbocycles. The molecule has 0 aromatic carbocycles. The lowest BCUT2D eigenvalue weighted by atomic mass is 10.2. The monoisotopic (exact) mass is 205 g/mol. The van der Waals surface area contributed by atoms with E-state index in [9.17, 15) is 0 Å². The third kappa shape index (κ3) is 1.72. The van der Waals surface area contributed by atoms with Crippen molar-refractivity contribution in [3.8, 4) is 0 Å². The second-order valence-corrected chi connectivity index (χ2v) is 4.06. The summed E-state index contributed by atoms with van der Waals surface area (Å²) in [5, 5.41) is 0. The van der Waals surface area contributed by atoms with Gasteiger partial charge in [0.05, 0.1) is 5.52 Å². The van der Waals surface area contributed by atoms with Crippen LogP contribution < -0.4 is 11.5 Å². The van der Waals surface area contributed by atoms with Gasteiger partial charge in [0.1, 0.15) is 5.52 Å². The van der Waals surface area contributed by atoms with Gasteiger partial charge in [0.2, 0.25) is 5.95 Å². The van der Waals surface area contributed by atoms with Crippen LogP contribution in [0.2, 0.25) is 0 Å². The van der Waals surface area contributed by atoms with Gasteiger partial charge in [-0.2, -0.15) is 4.98 Å². The second-order valence-electron chi connectivity index (χ2n) is 4.06. The molecule has 0 saturated carbocycles. The molecule has 0 bridgehead atoms. The van der Waals surface area contributed by atoms with Gasteiger partial charge >= 0.3 is 0 Å². The number of aromatic nitrogens is 3. The molecule has 0 saturated heterocycles. The zero-order valence-electron chi connectivity index (χ0n) is 8.94. The van der Waals surface area contributed by atoms with Gasteiger partial charge in [0.25, 0.3) is 0 Å². The highest BCUT2D eigenvalue weighted by Crippen LogP contribution is 2.20. The van der Waals surface area contributed by atoms with Gasteiger partial charge in [0.15, 0.2) is 5.82 Å². The Morgan fingerprint density at radius 2 is 2.07 bits per heavy atom. The van der Waals surface area contributed by atoms with E-state index in [0.29, 0.717) is 11.7 Å². The molecule has 2 heterocycles. The van der Waals surface area contributed by atoms with Crippen molar-refractivity contribution < 1.29 is 0 Å². The van der Waals surface area contributed by atoms with Gasteiger partial charge in [-0.15, -0.1) is 0 Å². The van der Waals surface area contributed by atoms with Crippen LogP contribution in [-0.2, 0) is 6.54 Å². The minimum absolute atomic E-state index is 0.224. The van der Waals surface area contributed by atoms with Gasteiger partial charge in [-0.1, -0.05) is 13.8 Å². The van der Waals surface area contributed by atoms with Crippen LogP contribution in [0.15, 0.2) is 12.3 Å². The molecule has 0 amide bonds. The van der Waals surface area contributed by atoms with Crippen LogP contribution in [0.4, 0.5) is 11.8 Å². The van der Waals surface area contributed by atoms with E-state index in [1.807, 2.05) is 12.3 Å². The van der Waals surface area contributed by atoms with Crippen LogP contribution in [0, 0.1) is 5.92 Å². The van der Waals surface area contributed by atoms with Crippen molar-refractivity contribution in [1.82, 2.24) is 14.5 Å². The van der Waals surface area contributed by atoms with Crippen LogP contribution in [-0.4, -0.2) is 14.5 Å². The molecule has 5 heteroatoms. The predicted octanol–water partition coefficient (Wildman–Crippen LogP) is 1.25. The summed E-state index contributed by atoms with van der Waals surface area (Å²) < 4.78 is 2.06. The maximum atomic E-state index is 5.83. The number of nitrogen functional groups attached to an aromatic ring is 2. The largest absolute Gasteiger partial charge is 0.382 e. The predicted molar refractivity (Wildman–Crippen MR) is 61.2 cm³/mol. The maximum Gasteiger partial charge on any atom is 0.222 e. The summed E-state index contributed by atoms with van der Waals surface area (Å²) in [5.74, 6) is 1.23. The summed E-state index contributed by atoms with van der Waals surface area (Å²) in [7, 11) is 0. The Morgan fingerprint density at radius 3 is 2.73 bits per heavy atom. The van der Waals surface area contributed by atoms with Crippen molar-refractivity contribution in [3.05, 3.63) is 12.3 Å². The number of nitrogens with two attached hydrogens (primary N) is 2. The molecule has 2 rings (SSSR count). The highest BCUT2D eigenvalue weighted by molar-refractivity contribution is 5.86. The smallest absolute Gasteiger partial charge is 0.222 e. The van der Waals surface area contributed by atoms with E-state index in [1.165, 1.54) is 0 Å². The van der Waals surface area contributed by atoms with Crippen molar-refractivity contribution in [2.75, 3.05) is 11.5 Å². The van der Waals surface area contributed by atoms with Crippen molar-refractivity contribution in [1.29, 1.82) is 0 Å². The fourth-order valence-electron chi connectivity index (χ4n) is 1.70. The van der Waals surface area contributed by atoms with Gasteiger partial charge in [0, 0.05) is 12.7 Å². The normalized spacial score (nSPS) is 11.4. The highest BCUT2D eigenvalue weighted by atomic mass is 15.1. The summed E-state index contributed by atoms with van der Waals surface area (Å²) in [6.45, 7) is 5.21. The van der Waals surface area contributed by atoms with Crippen molar-refractivity contribution in [2.24, 2.45) is 5.92 Å². The van der Waals surface area contributed by atoms with Crippen molar-refractivity contribution >= 4 is 22.8 Å². The summed E-state index contributed by atoms with van der Waals surface area (Å²) >= 11 is 0. The van der Waals surface area contributed by atoms with E-state index in [-0.39, 0.29) is 5.95 Å². The molecular weight excluding hydrogens is 190 g/mol. The van der Waals surface area contributed by atoms with E-state index >= 15 is 0 Å². The standard InChI is InChI=1S/C10H15N5/c1-6(2)5-15-4-3-7-8(15)9(11)14-10(12)13-7/h3-4,6H,5H2,1-2H3,(H4,11,12,13,14). The molecule has 15 heavy (non-hydrogen) atoms. The van der Waals surface area contributed by atoms with Crippen LogP contribution in [0.5, 0.6) is 0 Å². The number of hydrogen-bond acceptors (Lipinski definition) is 4. The Morgan fingerprint density at radius 1 is 1.33 bits per heavy atom. The van der Waals surface area contributed by atoms with Crippen LogP contribution in [0.1, 0.15) is 13.8 Å². The fraction of sp³-hybridized carbons (Fsp3) is 0.400. The maximum absolute atomic E-state index is 5.83. The molecule has 0 atom stereocenters. The van der Waals surface area contributed by atoms with Crippen molar-refractivity contribution in [2.45, 2.75) is 20.4 Å². The van der Waals surface area contributed by atoms with Crippen LogP contribution in [0.3, 0.4) is 0 Å². The second kappa shape index (κ2) is 3.42. The Labute approximate surface area is 88.1 Å². The van der Waals surface area contributed by atoms with E-state index in [0.717, 1.165) is 17.6 Å². The molecule has 80 valence electrons. The van der Waals surface area contributed by atoms with Gasteiger partial charge in [-0.05, 0) is 12.0 Å². The first-order chi connectivity index (χ1) is 7.08. The summed E-state index contributed by atoms with van der Waals surface area (Å²) in [5.41, 5.74) is 13.0. The Balaban J connectivity index is 2.58. The first-order valence-electron chi connectivity index (χ1n) is 4.95. The third-order valence-corrected chi connectivity index (χ3v) is 2.22. The molecule has 0 fully saturated rings. The number of rotatable bonds is 2. The summed E-state index contributed by atoms with van der Waals surface area (Å²) in [4.78, 5) is 8.10. The SMILES string of the molecule is CC(C)Cn1ccc2nc(N)nc(N)c21. The zero-order valence-corrected chi connectivity index (χ0v) is 8.94. The molecule has 2 aromatic rings. The Kier molecular flexibility index (Phi) is 2.22. The molecular formula is C10H15N5. The number of hydrogen-bond donors (Lipinski definition) is 2.